The molecular formula is C15H13ClN4O7S. The Morgan fingerprint density at radius 2 is 1.75 bits per heavy atom. The van der Waals surface area contributed by atoms with Crippen molar-refractivity contribution in [3.05, 3.63) is 73.3 Å². The smallest absolute Gasteiger partial charge is 0.283 e. The van der Waals surface area contributed by atoms with Gasteiger partial charge in [-0.1, -0.05) is 17.7 Å². The van der Waals surface area contributed by atoms with E-state index in [1.54, 1.807) is 0 Å². The van der Waals surface area contributed by atoms with Crippen LogP contribution in [0.15, 0.2) is 47.4 Å². The van der Waals surface area contributed by atoms with Crippen LogP contribution in [-0.4, -0.2) is 37.3 Å². The molecule has 2 N–H and O–H groups in total. The Bertz CT molecular complexity index is 1040. The van der Waals surface area contributed by atoms with E-state index in [0.29, 0.717) is 0 Å². The number of carbonyl (C=O) groups excluding carboxylic acids is 1. The zero-order valence-electron chi connectivity index (χ0n) is 14.0. The number of hydrogen-bond donors (Lipinski definition) is 2. The largest absolute Gasteiger partial charge is 0.351 e. The molecule has 0 bridgehead atoms. The molecule has 2 aromatic rings. The second kappa shape index (κ2) is 8.73. The van der Waals surface area contributed by atoms with Gasteiger partial charge in [0.1, 0.15) is 5.56 Å². The first-order valence-corrected chi connectivity index (χ1v) is 9.44. The Morgan fingerprint density at radius 1 is 1.04 bits per heavy atom. The van der Waals surface area contributed by atoms with E-state index in [-0.39, 0.29) is 34.3 Å². The van der Waals surface area contributed by atoms with E-state index in [9.17, 15) is 33.4 Å². The van der Waals surface area contributed by atoms with E-state index in [2.05, 4.69) is 10.0 Å². The Balaban J connectivity index is 1.99. The lowest BCUT2D eigenvalue weighted by Crippen LogP contribution is -2.34. The van der Waals surface area contributed by atoms with Crippen LogP contribution in [0.2, 0.25) is 5.02 Å². The molecular weight excluding hydrogens is 416 g/mol. The number of benzene rings is 2. The van der Waals surface area contributed by atoms with Crippen LogP contribution in [0.3, 0.4) is 0 Å². The standard InChI is InChI=1S/C15H13ClN4O7S/c16-10-4-5-13(14(8-10)20(24)25)15(21)17-6-7-18-28(26,27)12-3-1-2-11(9-12)19(22)23/h1-5,8-9,18H,6-7H2,(H,17,21). The summed E-state index contributed by atoms with van der Waals surface area (Å²) in [6.45, 7) is -0.412. The zero-order valence-corrected chi connectivity index (χ0v) is 15.6. The van der Waals surface area contributed by atoms with Gasteiger partial charge in [0.05, 0.1) is 14.7 Å². The fourth-order valence-corrected chi connectivity index (χ4v) is 3.39. The van der Waals surface area contributed by atoms with Crippen LogP contribution < -0.4 is 10.0 Å². The number of nitro groups is 2. The van der Waals surface area contributed by atoms with Gasteiger partial charge < -0.3 is 5.32 Å². The van der Waals surface area contributed by atoms with Crippen molar-refractivity contribution in [2.45, 2.75) is 4.90 Å². The summed E-state index contributed by atoms with van der Waals surface area (Å²) >= 11 is 5.68. The van der Waals surface area contributed by atoms with Crippen molar-refractivity contribution in [2.24, 2.45) is 0 Å². The first kappa shape index (κ1) is 21.2. The first-order valence-electron chi connectivity index (χ1n) is 7.58. The highest BCUT2D eigenvalue weighted by Gasteiger charge is 2.21. The fourth-order valence-electron chi connectivity index (χ4n) is 2.15. The van der Waals surface area contributed by atoms with E-state index < -0.39 is 31.5 Å². The molecule has 0 atom stereocenters. The van der Waals surface area contributed by atoms with E-state index in [1.807, 2.05) is 0 Å². The molecule has 28 heavy (non-hydrogen) atoms. The third kappa shape index (κ3) is 5.22. The van der Waals surface area contributed by atoms with Gasteiger partial charge in [-0.25, -0.2) is 13.1 Å². The van der Waals surface area contributed by atoms with Gasteiger partial charge in [0, 0.05) is 36.3 Å². The second-order valence-corrected chi connectivity index (χ2v) is 7.53. The van der Waals surface area contributed by atoms with E-state index in [0.717, 1.165) is 18.2 Å². The molecule has 0 spiro atoms. The zero-order chi connectivity index (χ0) is 20.9. The molecule has 1 amide bonds. The summed E-state index contributed by atoms with van der Waals surface area (Å²) in [6, 6.07) is 7.99. The van der Waals surface area contributed by atoms with Crippen molar-refractivity contribution in [1.82, 2.24) is 10.0 Å². The molecule has 0 aliphatic rings. The summed E-state index contributed by atoms with van der Waals surface area (Å²) in [4.78, 5) is 32.0. The number of halogens is 1. The van der Waals surface area contributed by atoms with Gasteiger partial charge in [0.25, 0.3) is 17.3 Å². The number of nitrogens with zero attached hydrogens (tertiary/aromatic N) is 2. The van der Waals surface area contributed by atoms with Crippen molar-refractivity contribution in [1.29, 1.82) is 0 Å². The predicted molar refractivity (Wildman–Crippen MR) is 98.7 cm³/mol. The van der Waals surface area contributed by atoms with E-state index >= 15 is 0 Å². The number of amides is 1. The van der Waals surface area contributed by atoms with Crippen LogP contribution in [0.4, 0.5) is 11.4 Å². The molecule has 11 nitrogen and oxygen atoms in total. The van der Waals surface area contributed by atoms with Gasteiger partial charge in [0.15, 0.2) is 0 Å². The molecule has 0 saturated carbocycles. The normalized spacial score (nSPS) is 11.0. The molecule has 0 unspecified atom stereocenters. The minimum Gasteiger partial charge on any atom is -0.351 e. The van der Waals surface area contributed by atoms with Gasteiger partial charge in [0.2, 0.25) is 10.0 Å². The molecule has 148 valence electrons. The third-order valence-corrected chi connectivity index (χ3v) is 5.14. The highest BCUT2D eigenvalue weighted by molar-refractivity contribution is 7.89. The first-order chi connectivity index (χ1) is 13.1. The van der Waals surface area contributed by atoms with Crippen LogP contribution in [-0.2, 0) is 10.0 Å². The minimum absolute atomic E-state index is 0.0907. The van der Waals surface area contributed by atoms with Crippen LogP contribution in [0.25, 0.3) is 0 Å². The van der Waals surface area contributed by atoms with Gasteiger partial charge in [-0.15, -0.1) is 0 Å². The molecule has 0 aliphatic carbocycles. The lowest BCUT2D eigenvalue weighted by molar-refractivity contribution is -0.385. The summed E-state index contributed by atoms with van der Waals surface area (Å²) in [6.07, 6.45) is 0. The van der Waals surface area contributed by atoms with Crippen molar-refractivity contribution in [3.8, 4) is 0 Å². The van der Waals surface area contributed by atoms with Gasteiger partial charge in [-0.2, -0.15) is 0 Å². The van der Waals surface area contributed by atoms with Gasteiger partial charge in [-0.05, 0) is 18.2 Å². The van der Waals surface area contributed by atoms with Crippen LogP contribution >= 0.6 is 11.6 Å². The fraction of sp³-hybridized carbons (Fsp3) is 0.133. The van der Waals surface area contributed by atoms with E-state index in [1.165, 1.54) is 24.3 Å². The molecule has 2 rings (SSSR count). The van der Waals surface area contributed by atoms with Gasteiger partial charge in [-0.3, -0.25) is 25.0 Å². The molecule has 0 aliphatic heterocycles. The van der Waals surface area contributed by atoms with Crippen molar-refractivity contribution in [3.63, 3.8) is 0 Å². The summed E-state index contributed by atoms with van der Waals surface area (Å²) in [5.41, 5.74) is -1.09. The van der Waals surface area contributed by atoms with Crippen molar-refractivity contribution in [2.75, 3.05) is 13.1 Å². The molecule has 2 aromatic carbocycles. The topological polar surface area (TPSA) is 162 Å². The second-order valence-electron chi connectivity index (χ2n) is 5.33. The molecule has 0 fully saturated rings. The molecule has 0 heterocycles. The summed E-state index contributed by atoms with van der Waals surface area (Å²) < 4.78 is 26.5. The maximum Gasteiger partial charge on any atom is 0.283 e. The molecule has 0 aromatic heterocycles. The third-order valence-electron chi connectivity index (χ3n) is 3.44. The van der Waals surface area contributed by atoms with Crippen LogP contribution in [0, 0.1) is 20.2 Å². The number of non-ortho nitro benzene ring substituents is 1. The van der Waals surface area contributed by atoms with E-state index in [4.69, 9.17) is 11.6 Å². The number of sulfonamides is 1. The monoisotopic (exact) mass is 428 g/mol. The Labute approximate surface area is 163 Å². The highest BCUT2D eigenvalue weighted by Crippen LogP contribution is 2.23. The summed E-state index contributed by atoms with van der Waals surface area (Å²) in [5.74, 6) is -0.780. The average Bonchev–Trinajstić information content (AvgIpc) is 2.65. The Kier molecular flexibility index (Phi) is 6.62. The van der Waals surface area contributed by atoms with Crippen LogP contribution in [0.5, 0.6) is 0 Å². The Morgan fingerprint density at radius 3 is 2.39 bits per heavy atom. The minimum atomic E-state index is -4.04. The number of rotatable bonds is 8. The number of nitro benzene ring substituents is 2. The SMILES string of the molecule is O=C(NCCNS(=O)(=O)c1cccc([N+](=O)[O-])c1)c1ccc(Cl)cc1[N+](=O)[O-]. The van der Waals surface area contributed by atoms with Crippen LogP contribution in [0.1, 0.15) is 10.4 Å². The van der Waals surface area contributed by atoms with Crippen molar-refractivity contribution < 1.29 is 23.1 Å². The maximum atomic E-state index is 12.2. The predicted octanol–water partition coefficient (Wildman–Crippen LogP) is 1.86. The highest BCUT2D eigenvalue weighted by atomic mass is 35.5. The maximum absolute atomic E-state index is 12.2. The lowest BCUT2D eigenvalue weighted by atomic mass is 10.1. The van der Waals surface area contributed by atoms with Crippen molar-refractivity contribution >= 4 is 38.9 Å². The number of carbonyl (C=O) groups is 1. The quantitative estimate of drug-likeness (QED) is 0.368. The summed E-state index contributed by atoms with van der Waals surface area (Å²) in [7, 11) is -4.04. The molecule has 0 saturated heterocycles. The summed E-state index contributed by atoms with van der Waals surface area (Å²) in [5, 5.41) is 24.2. The number of hydrogen-bond acceptors (Lipinski definition) is 7. The molecule has 0 radical (unpaired) electrons. The lowest BCUT2D eigenvalue weighted by Gasteiger charge is -2.08. The van der Waals surface area contributed by atoms with Gasteiger partial charge >= 0.3 is 0 Å². The Hall–Kier alpha value is -3.09. The number of nitrogens with one attached hydrogen (secondary N) is 2. The average molecular weight is 429 g/mol. The molecule has 13 heteroatoms.